The summed E-state index contributed by atoms with van der Waals surface area (Å²) in [4.78, 5) is 48.9. The van der Waals surface area contributed by atoms with Crippen molar-refractivity contribution in [3.05, 3.63) is 176 Å². The van der Waals surface area contributed by atoms with Crippen molar-refractivity contribution < 1.29 is 19.1 Å². The Hall–Kier alpha value is -6.64. The average Bonchev–Trinajstić information content (AvgIpc) is 1.48. The first-order chi connectivity index (χ1) is 55.1. The number of nitrogens with zero attached hydrogens (tertiary/aromatic N) is 2. The minimum atomic E-state index is -0.547. The summed E-state index contributed by atoms with van der Waals surface area (Å²) in [5.74, 6) is -0.551. The molecule has 3 aliphatic rings. The monoisotopic (exact) mass is 1620 g/mol. The van der Waals surface area contributed by atoms with Gasteiger partial charge in [-0.15, -0.1) is 68.0 Å². The molecule has 598 valence electrons. The minimum absolute atomic E-state index is 0.0226. The molecule has 6 nitrogen and oxygen atoms in total. The van der Waals surface area contributed by atoms with Crippen molar-refractivity contribution in [2.75, 3.05) is 14.2 Å². The lowest BCUT2D eigenvalue weighted by Crippen LogP contribution is -2.31. The lowest BCUT2D eigenvalue weighted by molar-refractivity contribution is -0.143. The van der Waals surface area contributed by atoms with Gasteiger partial charge in [-0.25, -0.2) is 9.59 Å². The standard InChI is InChI=1S/C101H124N2O4S6/c1-13-19-25-31-55-99(56-32-26-20-14-2)77-44-39-69(80-49-52-84(111-80)83-38-37-61-108-83)62-74(77)89-92(99)90-76-64-71(82-51-54-88(113-82)86-48-43-73(110-86)66-103-96(68(9)10)98(105)107-12)41-46-79(76)101(59-35-29-23-17-5,60-36-30-24-18-6)94(90)91-75-63-70(40-45-78(75)100(93(89)91,57-33-27-21-15-3)58-34-28-22-16-4)81-50-53-87(112-81)85-47-42-72(109-85)65-102-95(67(7)8)97(104)106-11/h37-54,61-68,95-96H,13-36,55-60H2,1-12H3/t95-,96-/m0/s1. The maximum Gasteiger partial charge on any atom is 0.330 e. The Bertz CT molecular complexity index is 4690. The van der Waals surface area contributed by atoms with Gasteiger partial charge in [0.25, 0.3) is 0 Å². The fraction of sp³-hybridized carbons (Fsp3) is 0.485. The molecule has 6 aromatic heterocycles. The molecule has 6 heterocycles. The maximum absolute atomic E-state index is 12.9. The third-order valence-electron chi connectivity index (χ3n) is 25.1. The summed E-state index contributed by atoms with van der Waals surface area (Å²) in [6.45, 7) is 22.5. The highest BCUT2D eigenvalue weighted by Gasteiger charge is 2.58. The minimum Gasteiger partial charge on any atom is -0.467 e. The Balaban J connectivity index is 1.13. The first-order valence-corrected chi connectivity index (χ1v) is 48.6. The topological polar surface area (TPSA) is 77.3 Å². The Morgan fingerprint density at radius 2 is 0.628 bits per heavy atom. The van der Waals surface area contributed by atoms with E-state index in [4.69, 9.17) is 19.5 Å². The van der Waals surface area contributed by atoms with Crippen molar-refractivity contribution >= 4 is 92.4 Å². The van der Waals surface area contributed by atoms with Gasteiger partial charge in [0, 0.05) is 82.3 Å². The summed E-state index contributed by atoms with van der Waals surface area (Å²) in [6, 6.07) is 50.7. The maximum atomic E-state index is 12.9. The molecule has 10 aromatic rings. The van der Waals surface area contributed by atoms with Crippen molar-refractivity contribution in [1.29, 1.82) is 0 Å². The molecule has 0 spiro atoms. The molecule has 2 atom stereocenters. The number of rotatable bonds is 44. The van der Waals surface area contributed by atoms with Crippen molar-refractivity contribution in [3.63, 3.8) is 0 Å². The zero-order valence-electron chi connectivity index (χ0n) is 69.9. The van der Waals surface area contributed by atoms with Gasteiger partial charge in [-0.1, -0.05) is 266 Å². The lowest BCUT2D eigenvalue weighted by Gasteiger charge is -2.39. The van der Waals surface area contributed by atoms with Crippen molar-refractivity contribution in [2.45, 2.75) is 290 Å². The molecule has 0 fully saturated rings. The molecule has 0 amide bonds. The van der Waals surface area contributed by atoms with Crippen LogP contribution in [0.3, 0.4) is 0 Å². The quantitative estimate of drug-likeness (QED) is 0.0217. The van der Waals surface area contributed by atoms with Crippen LogP contribution in [-0.4, -0.2) is 50.7 Å². The second-order valence-corrected chi connectivity index (χ2v) is 39.9. The van der Waals surface area contributed by atoms with Crippen molar-refractivity contribution in [3.8, 4) is 94.0 Å². The van der Waals surface area contributed by atoms with Gasteiger partial charge in [-0.3, -0.25) is 9.98 Å². The molecular formula is C101H124N2O4S6. The van der Waals surface area contributed by atoms with E-state index in [1.54, 1.807) is 72.7 Å². The van der Waals surface area contributed by atoms with Gasteiger partial charge in [-0.05, 0) is 224 Å². The van der Waals surface area contributed by atoms with Gasteiger partial charge in [0.05, 0.1) is 14.2 Å². The van der Waals surface area contributed by atoms with Crippen LogP contribution in [0.1, 0.15) is 305 Å². The Kier molecular flexibility index (Phi) is 29.1. The predicted molar refractivity (Wildman–Crippen MR) is 494 cm³/mol. The molecule has 3 aliphatic carbocycles. The van der Waals surface area contributed by atoms with Crippen LogP contribution >= 0.6 is 68.0 Å². The number of methoxy groups -OCH3 is 2. The fourth-order valence-corrected chi connectivity index (χ4v) is 25.2. The number of carbonyl (C=O) groups is 2. The smallest absolute Gasteiger partial charge is 0.330 e. The van der Waals surface area contributed by atoms with Gasteiger partial charge >= 0.3 is 11.9 Å². The molecule has 0 unspecified atom stereocenters. The largest absolute Gasteiger partial charge is 0.467 e. The average molecular weight is 1620 g/mol. The second kappa shape index (κ2) is 39.1. The van der Waals surface area contributed by atoms with Crippen molar-refractivity contribution in [1.82, 2.24) is 0 Å². The number of benzene rings is 4. The van der Waals surface area contributed by atoms with E-state index < -0.39 is 12.1 Å². The predicted octanol–water partition coefficient (Wildman–Crippen LogP) is 31.9. The Labute approximate surface area is 701 Å². The number of fused-ring (bicyclic) bond motifs is 12. The number of ether oxygens (including phenoxy) is 2. The van der Waals surface area contributed by atoms with Gasteiger partial charge in [-0.2, -0.15) is 0 Å². The molecule has 0 radical (unpaired) electrons. The molecule has 0 saturated carbocycles. The molecule has 0 saturated heterocycles. The molecular weight excluding hydrogens is 1500 g/mol. The van der Waals surface area contributed by atoms with Crippen molar-refractivity contribution in [2.24, 2.45) is 21.8 Å². The molecule has 113 heavy (non-hydrogen) atoms. The highest BCUT2D eigenvalue weighted by molar-refractivity contribution is 7.25. The van der Waals surface area contributed by atoms with E-state index in [2.05, 4.69) is 174 Å². The molecule has 13 rings (SSSR count). The summed E-state index contributed by atoms with van der Waals surface area (Å²) in [7, 11) is 2.91. The summed E-state index contributed by atoms with van der Waals surface area (Å²) >= 11 is 11.1. The van der Waals surface area contributed by atoms with Crippen LogP contribution in [0.2, 0.25) is 0 Å². The number of hydrogen-bond donors (Lipinski definition) is 0. The number of unbranched alkanes of at least 4 members (excludes halogenated alkanes) is 18. The summed E-state index contributed by atoms with van der Waals surface area (Å²) in [5, 5.41) is 2.23. The SMILES string of the molecule is CCCCCCC1(CCCCCC)c2ccc(-c3ccc(-c4cccs4)s3)cc2-c2c1c1c(c3c2C(CCCCCC)(CCCCCC)c2ccc(-c4ccc(-c5ccc(C=N[C@H](C(=O)OC)C(C)C)s5)s4)cc2-3)C(CCCCCC)(CCCCCC)c2ccc(-c3ccc(-c4ccc(C=N[C@H](C(=O)OC)C(C)C)s4)s3)cc2-1. The van der Waals surface area contributed by atoms with E-state index in [0.29, 0.717) is 0 Å². The molecule has 0 aliphatic heterocycles. The fourth-order valence-electron chi connectivity index (χ4n) is 19.4. The zero-order valence-corrected chi connectivity index (χ0v) is 74.8. The van der Waals surface area contributed by atoms with Crippen LogP contribution in [0.5, 0.6) is 0 Å². The van der Waals surface area contributed by atoms with Gasteiger partial charge < -0.3 is 9.47 Å². The van der Waals surface area contributed by atoms with E-state index in [0.717, 1.165) is 48.3 Å². The van der Waals surface area contributed by atoms with E-state index in [9.17, 15) is 9.59 Å². The highest BCUT2D eigenvalue weighted by atomic mass is 32.1. The molecule has 0 N–H and O–H groups in total. The third-order valence-corrected chi connectivity index (χ3v) is 32.0. The van der Waals surface area contributed by atoms with Gasteiger partial charge in [0.1, 0.15) is 12.1 Å². The van der Waals surface area contributed by atoms with Crippen LogP contribution in [0.15, 0.2) is 143 Å². The summed E-state index contributed by atoms with van der Waals surface area (Å²) in [6.07, 6.45) is 39.9. The second-order valence-electron chi connectivity index (χ2n) is 33.5. The van der Waals surface area contributed by atoms with E-state index in [1.807, 2.05) is 85.5 Å². The number of esters is 2. The molecule has 12 heteroatoms. The lowest BCUT2D eigenvalue weighted by atomic mass is 9.63. The Morgan fingerprint density at radius 1 is 0.345 bits per heavy atom. The molecule has 4 aromatic carbocycles. The highest BCUT2D eigenvalue weighted by Crippen LogP contribution is 2.72. The first kappa shape index (κ1) is 84.3. The van der Waals surface area contributed by atoms with Crippen LogP contribution in [0.4, 0.5) is 0 Å². The van der Waals surface area contributed by atoms with Crippen LogP contribution in [0, 0.1) is 11.8 Å². The van der Waals surface area contributed by atoms with Gasteiger partial charge in [0.15, 0.2) is 0 Å². The van der Waals surface area contributed by atoms with Crippen LogP contribution < -0.4 is 0 Å². The summed E-state index contributed by atoms with van der Waals surface area (Å²) < 4.78 is 10.4. The van der Waals surface area contributed by atoms with Crippen LogP contribution in [-0.2, 0) is 35.3 Å². The normalized spacial score (nSPS) is 14.7. The van der Waals surface area contributed by atoms with Gasteiger partial charge in [0.2, 0.25) is 0 Å². The number of hydrogen-bond acceptors (Lipinski definition) is 12. The molecule has 0 bridgehead atoms. The van der Waals surface area contributed by atoms with Crippen LogP contribution in [0.25, 0.3) is 94.0 Å². The van der Waals surface area contributed by atoms with E-state index in [1.165, 1.54) is 246 Å². The van der Waals surface area contributed by atoms with E-state index >= 15 is 0 Å². The zero-order chi connectivity index (χ0) is 79.2. The third kappa shape index (κ3) is 17.7. The Morgan fingerprint density at radius 3 is 0.903 bits per heavy atom. The number of carbonyl (C=O) groups excluding carboxylic acids is 2. The first-order valence-electron chi connectivity index (χ1n) is 43.6. The number of aliphatic imine (C=N–C) groups is 2. The van der Waals surface area contributed by atoms with E-state index in [-0.39, 0.29) is 40.0 Å². The number of thiophene rings is 6. The summed E-state index contributed by atoms with van der Waals surface area (Å²) in [5.41, 5.74) is 22.5.